The van der Waals surface area contributed by atoms with Gasteiger partial charge in [-0.05, 0) is 56.2 Å². The van der Waals surface area contributed by atoms with Crippen molar-refractivity contribution < 1.29 is 31.9 Å². The first-order valence-corrected chi connectivity index (χ1v) is 11.0. The Hall–Kier alpha value is -3.45. The van der Waals surface area contributed by atoms with Crippen LogP contribution in [0.15, 0.2) is 53.6 Å². The zero-order valence-corrected chi connectivity index (χ0v) is 19.5. The molecule has 6 nitrogen and oxygen atoms in total. The first-order valence-electron chi connectivity index (χ1n) is 11.0. The van der Waals surface area contributed by atoms with E-state index in [2.05, 4.69) is 5.32 Å². The summed E-state index contributed by atoms with van der Waals surface area (Å²) in [6.07, 6.45) is 1.70. The number of nitrogens with one attached hydrogen (secondary N) is 1. The van der Waals surface area contributed by atoms with Gasteiger partial charge in [-0.25, -0.2) is 9.18 Å². The van der Waals surface area contributed by atoms with Gasteiger partial charge in [0, 0.05) is 18.7 Å². The molecular formula is C25H27F4N3O3. The summed E-state index contributed by atoms with van der Waals surface area (Å²) >= 11 is 0. The molecule has 0 fully saturated rings. The highest BCUT2D eigenvalue weighted by atomic mass is 19.4. The lowest BCUT2D eigenvalue weighted by Gasteiger charge is -2.29. The van der Waals surface area contributed by atoms with Crippen LogP contribution in [0.5, 0.6) is 0 Å². The van der Waals surface area contributed by atoms with Crippen molar-refractivity contribution in [1.29, 1.82) is 5.26 Å². The molecule has 0 saturated carbocycles. The van der Waals surface area contributed by atoms with Crippen molar-refractivity contribution in [3.8, 4) is 6.07 Å². The Bertz CT molecular complexity index is 1060. The molecule has 1 aliphatic rings. The molecule has 1 N–H and O–H groups in total. The molecule has 1 amide bonds. The van der Waals surface area contributed by atoms with E-state index in [0.717, 1.165) is 11.0 Å². The van der Waals surface area contributed by atoms with E-state index in [1.165, 1.54) is 12.1 Å². The smallest absolute Gasteiger partial charge is 0.405 e. The van der Waals surface area contributed by atoms with E-state index in [0.29, 0.717) is 11.1 Å². The fraction of sp³-hybridized carbons (Fsp3) is 0.400. The highest BCUT2D eigenvalue weighted by Crippen LogP contribution is 2.22. The topological polar surface area (TPSA) is 82.4 Å². The van der Waals surface area contributed by atoms with Crippen LogP contribution in [-0.4, -0.2) is 55.2 Å². The van der Waals surface area contributed by atoms with Gasteiger partial charge in [-0.2, -0.15) is 18.4 Å². The second-order valence-corrected chi connectivity index (χ2v) is 7.92. The van der Waals surface area contributed by atoms with Crippen molar-refractivity contribution in [1.82, 2.24) is 10.2 Å². The van der Waals surface area contributed by atoms with Crippen LogP contribution >= 0.6 is 0 Å². The van der Waals surface area contributed by atoms with Crippen LogP contribution < -0.4 is 5.32 Å². The van der Waals surface area contributed by atoms with Gasteiger partial charge in [-0.15, -0.1) is 0 Å². The number of benzene rings is 1. The molecule has 0 spiro atoms. The number of hydrogen-bond donors (Lipinski definition) is 1. The summed E-state index contributed by atoms with van der Waals surface area (Å²) in [7, 11) is 0. The number of carbonyl (C=O) groups excluding carboxylic acids is 2. The second-order valence-electron chi connectivity index (χ2n) is 7.92. The summed E-state index contributed by atoms with van der Waals surface area (Å²) in [5, 5.41) is 11.3. The number of ether oxygens (including phenoxy) is 1. The van der Waals surface area contributed by atoms with Gasteiger partial charge in [0.05, 0.1) is 18.1 Å². The SMILES string of the molecule is CCN(CC(NCCC1=C/C=C(\C)C(=O)OC\C=C\1)C(F)(F)F)C(=O)Cc1ccc(C#N)cc1F. The van der Waals surface area contributed by atoms with Crippen LogP contribution in [0, 0.1) is 17.1 Å². The van der Waals surface area contributed by atoms with Gasteiger partial charge < -0.3 is 15.0 Å². The molecule has 1 unspecified atom stereocenters. The number of carbonyl (C=O) groups is 2. The number of esters is 1. The molecule has 188 valence electrons. The van der Waals surface area contributed by atoms with Crippen LogP contribution in [0.4, 0.5) is 17.6 Å². The Morgan fingerprint density at radius 2 is 2.06 bits per heavy atom. The van der Waals surface area contributed by atoms with Gasteiger partial charge in [0.1, 0.15) is 18.5 Å². The minimum absolute atomic E-state index is 0.00806. The molecule has 0 radical (unpaired) electrons. The summed E-state index contributed by atoms with van der Waals surface area (Å²) in [6, 6.07) is 3.41. The molecule has 1 aliphatic heterocycles. The summed E-state index contributed by atoms with van der Waals surface area (Å²) in [5.41, 5.74) is 1.18. The molecule has 0 saturated heterocycles. The maximum Gasteiger partial charge on any atom is 0.405 e. The standard InChI is InChI=1S/C25H27F4N3O3/c1-3-32(23(33)14-20-9-8-19(15-30)13-21(20)26)16-22(25(27,28)29)31-11-10-18-5-4-12-35-24(34)17(2)6-7-18/h4-9,13,22,31H,3,10-12,14,16H2,1-2H3/b5-4+,17-6+,18-7+. The zero-order valence-electron chi connectivity index (χ0n) is 19.5. The number of rotatable bonds is 9. The van der Waals surface area contributed by atoms with E-state index in [9.17, 15) is 27.2 Å². The third-order valence-corrected chi connectivity index (χ3v) is 5.37. The number of likely N-dealkylation sites (N-methyl/N-ethyl adjacent to an activating group) is 1. The van der Waals surface area contributed by atoms with Crippen LogP contribution in [0.2, 0.25) is 0 Å². The zero-order chi connectivity index (χ0) is 26.0. The number of hydrogen-bond acceptors (Lipinski definition) is 5. The Morgan fingerprint density at radius 3 is 2.69 bits per heavy atom. The normalized spacial score (nSPS) is 18.9. The minimum Gasteiger partial charge on any atom is -0.458 e. The minimum atomic E-state index is -4.62. The van der Waals surface area contributed by atoms with Crippen molar-refractivity contribution in [3.05, 3.63) is 70.6 Å². The highest BCUT2D eigenvalue weighted by Gasteiger charge is 2.40. The number of alkyl halides is 3. The number of nitriles is 1. The van der Waals surface area contributed by atoms with E-state index in [-0.39, 0.29) is 37.2 Å². The Labute approximate surface area is 201 Å². The lowest BCUT2D eigenvalue weighted by Crippen LogP contribution is -2.52. The van der Waals surface area contributed by atoms with Crippen LogP contribution in [0.25, 0.3) is 0 Å². The van der Waals surface area contributed by atoms with Crippen molar-refractivity contribution in [3.63, 3.8) is 0 Å². The molecule has 35 heavy (non-hydrogen) atoms. The summed E-state index contributed by atoms with van der Waals surface area (Å²) in [5.74, 6) is -1.88. The van der Waals surface area contributed by atoms with Gasteiger partial charge >= 0.3 is 12.1 Å². The molecule has 0 aliphatic carbocycles. The van der Waals surface area contributed by atoms with Crippen molar-refractivity contribution >= 4 is 11.9 Å². The van der Waals surface area contributed by atoms with Crippen LogP contribution in [0.3, 0.4) is 0 Å². The Balaban J connectivity index is 2.04. The number of halogens is 4. The Kier molecular flexibility index (Phi) is 10.2. The summed E-state index contributed by atoms with van der Waals surface area (Å²) in [6.45, 7) is 2.54. The maximum atomic E-state index is 14.1. The third-order valence-electron chi connectivity index (χ3n) is 5.37. The first kappa shape index (κ1) is 27.8. The lowest BCUT2D eigenvalue weighted by atomic mass is 10.1. The third kappa shape index (κ3) is 8.68. The molecule has 0 bridgehead atoms. The predicted molar refractivity (Wildman–Crippen MR) is 121 cm³/mol. The monoisotopic (exact) mass is 493 g/mol. The molecule has 2 rings (SSSR count). The van der Waals surface area contributed by atoms with Crippen molar-refractivity contribution in [2.45, 2.75) is 38.9 Å². The summed E-state index contributed by atoms with van der Waals surface area (Å²) in [4.78, 5) is 25.3. The van der Waals surface area contributed by atoms with Crippen LogP contribution in [0.1, 0.15) is 31.4 Å². The average molecular weight is 494 g/mol. The van der Waals surface area contributed by atoms with E-state index < -0.39 is 42.9 Å². The first-order chi connectivity index (χ1) is 16.5. The molecule has 1 aromatic carbocycles. The van der Waals surface area contributed by atoms with Crippen molar-refractivity contribution in [2.24, 2.45) is 0 Å². The second kappa shape index (κ2) is 12.9. The molecule has 1 heterocycles. The molecule has 1 atom stereocenters. The molecule has 0 aromatic heterocycles. The van der Waals surface area contributed by atoms with E-state index >= 15 is 0 Å². The molecule has 1 aromatic rings. The Morgan fingerprint density at radius 1 is 1.31 bits per heavy atom. The van der Waals surface area contributed by atoms with Crippen molar-refractivity contribution in [2.75, 3.05) is 26.2 Å². The van der Waals surface area contributed by atoms with Gasteiger partial charge in [-0.1, -0.05) is 24.3 Å². The quantitative estimate of drug-likeness (QED) is 0.416. The molecular weight excluding hydrogens is 466 g/mol. The number of amides is 1. The fourth-order valence-corrected chi connectivity index (χ4v) is 3.30. The fourth-order valence-electron chi connectivity index (χ4n) is 3.30. The van der Waals surface area contributed by atoms with Gasteiger partial charge in [0.15, 0.2) is 0 Å². The summed E-state index contributed by atoms with van der Waals surface area (Å²) < 4.78 is 60.2. The largest absolute Gasteiger partial charge is 0.458 e. The molecule has 10 heteroatoms. The van der Waals surface area contributed by atoms with Gasteiger partial charge in [0.25, 0.3) is 0 Å². The van der Waals surface area contributed by atoms with Gasteiger partial charge in [-0.3, -0.25) is 4.79 Å². The number of allylic oxidation sites excluding steroid dienone is 3. The number of cyclic esters (lactones) is 1. The van der Waals surface area contributed by atoms with E-state index in [1.54, 1.807) is 44.2 Å². The van der Waals surface area contributed by atoms with E-state index in [4.69, 9.17) is 10.00 Å². The number of nitrogens with zero attached hydrogens (tertiary/aromatic N) is 2. The van der Waals surface area contributed by atoms with E-state index in [1.807, 2.05) is 0 Å². The van der Waals surface area contributed by atoms with Crippen LogP contribution in [-0.2, 0) is 20.7 Å². The highest BCUT2D eigenvalue weighted by molar-refractivity contribution is 5.88. The lowest BCUT2D eigenvalue weighted by molar-refractivity contribution is -0.162. The van der Waals surface area contributed by atoms with Gasteiger partial charge in [0.2, 0.25) is 5.91 Å². The average Bonchev–Trinajstić information content (AvgIpc) is 2.88. The predicted octanol–water partition coefficient (Wildman–Crippen LogP) is 3.98. The maximum absolute atomic E-state index is 14.1.